The molecule has 2 N–H and O–H groups in total. The normalized spacial score (nSPS) is 11.5. The first-order valence-electron chi connectivity index (χ1n) is 5.87. The fourth-order valence-electron chi connectivity index (χ4n) is 1.53. The van der Waals surface area contributed by atoms with Gasteiger partial charge in [-0.05, 0) is 32.0 Å². The van der Waals surface area contributed by atoms with Crippen molar-refractivity contribution in [1.82, 2.24) is 5.48 Å². The van der Waals surface area contributed by atoms with Gasteiger partial charge < -0.3 is 9.57 Å². The summed E-state index contributed by atoms with van der Waals surface area (Å²) < 4.78 is 32.5. The van der Waals surface area contributed by atoms with E-state index < -0.39 is 5.92 Å². The van der Waals surface area contributed by atoms with Gasteiger partial charge in [0, 0.05) is 19.5 Å². The minimum Gasteiger partial charge on any atom is -0.490 e. The fraction of sp³-hybridized carbons (Fsp3) is 0.462. The molecular weight excluding hydrogens is 254 g/mol. The highest BCUT2D eigenvalue weighted by atomic mass is 19.3. The summed E-state index contributed by atoms with van der Waals surface area (Å²) in [5.41, 5.74) is 2.32. The van der Waals surface area contributed by atoms with Crippen LogP contribution < -0.4 is 10.2 Å². The number of alkyl halides is 2. The lowest BCUT2D eigenvalue weighted by atomic mass is 10.0. The number of nitrogens with one attached hydrogen (secondary N) is 2. The Kier molecular flexibility index (Phi) is 4.83. The first-order valence-corrected chi connectivity index (χ1v) is 5.87. The number of ether oxygens (including phenoxy) is 1. The van der Waals surface area contributed by atoms with E-state index in [-0.39, 0.29) is 28.9 Å². The molecule has 0 saturated heterocycles. The van der Waals surface area contributed by atoms with Crippen molar-refractivity contribution in [3.8, 4) is 5.75 Å². The third kappa shape index (κ3) is 4.17. The second kappa shape index (κ2) is 5.97. The van der Waals surface area contributed by atoms with E-state index in [9.17, 15) is 8.78 Å². The summed E-state index contributed by atoms with van der Waals surface area (Å²) in [6, 6.07) is 4.14. The molecule has 1 aromatic rings. The average Bonchev–Trinajstić information content (AvgIpc) is 2.27. The third-order valence-electron chi connectivity index (χ3n) is 2.28. The molecular formula is C13H18F2N2O2. The molecule has 0 fully saturated rings. The van der Waals surface area contributed by atoms with Crippen molar-refractivity contribution in [1.29, 1.82) is 5.41 Å². The lowest BCUT2D eigenvalue weighted by Crippen LogP contribution is -2.18. The molecule has 0 bridgehead atoms. The molecule has 0 amide bonds. The summed E-state index contributed by atoms with van der Waals surface area (Å²) in [7, 11) is 1.49. The molecule has 1 aromatic carbocycles. The third-order valence-corrected chi connectivity index (χ3v) is 2.28. The van der Waals surface area contributed by atoms with E-state index in [1.54, 1.807) is 13.8 Å². The van der Waals surface area contributed by atoms with Crippen molar-refractivity contribution < 1.29 is 18.4 Å². The SMILES string of the molecule is CNOC(=N)c1ccc(OC(C)C)c(C(C)(F)F)c1. The summed E-state index contributed by atoms with van der Waals surface area (Å²) in [5, 5.41) is 7.57. The zero-order valence-corrected chi connectivity index (χ0v) is 11.4. The largest absolute Gasteiger partial charge is 0.490 e. The Morgan fingerprint density at radius 2 is 2.00 bits per heavy atom. The number of hydrogen-bond donors (Lipinski definition) is 2. The fourth-order valence-corrected chi connectivity index (χ4v) is 1.53. The lowest BCUT2D eigenvalue weighted by Gasteiger charge is -2.19. The van der Waals surface area contributed by atoms with Crippen LogP contribution in [0.2, 0.25) is 0 Å². The molecule has 0 saturated carbocycles. The van der Waals surface area contributed by atoms with Crippen molar-refractivity contribution in [2.24, 2.45) is 0 Å². The highest BCUT2D eigenvalue weighted by Crippen LogP contribution is 2.35. The molecule has 0 radical (unpaired) electrons. The number of hydroxylamine groups is 1. The summed E-state index contributed by atoms with van der Waals surface area (Å²) >= 11 is 0. The predicted molar refractivity (Wildman–Crippen MR) is 68.7 cm³/mol. The molecule has 6 heteroatoms. The van der Waals surface area contributed by atoms with Crippen LogP contribution in [-0.2, 0) is 10.8 Å². The molecule has 1 rings (SSSR count). The molecule has 0 atom stereocenters. The molecule has 4 nitrogen and oxygen atoms in total. The molecule has 0 heterocycles. The number of rotatable bonds is 5. The zero-order valence-electron chi connectivity index (χ0n) is 11.4. The van der Waals surface area contributed by atoms with Gasteiger partial charge in [-0.2, -0.15) is 5.48 Å². The second-order valence-corrected chi connectivity index (χ2v) is 4.40. The Bertz CT molecular complexity index is 456. The Labute approximate surface area is 111 Å². The standard InChI is InChI=1S/C13H18F2N2O2/c1-8(2)18-11-6-5-9(12(16)19-17-4)7-10(11)13(3,14)15/h5-8,16-17H,1-4H3. The number of hydrogen-bond acceptors (Lipinski definition) is 4. The maximum absolute atomic E-state index is 13.6. The second-order valence-electron chi connectivity index (χ2n) is 4.40. The van der Waals surface area contributed by atoms with Gasteiger partial charge in [-0.25, -0.2) is 8.78 Å². The van der Waals surface area contributed by atoms with Crippen molar-refractivity contribution in [2.45, 2.75) is 32.8 Å². The van der Waals surface area contributed by atoms with E-state index in [4.69, 9.17) is 15.0 Å². The molecule has 0 aromatic heterocycles. The van der Waals surface area contributed by atoms with Gasteiger partial charge in [0.15, 0.2) is 0 Å². The van der Waals surface area contributed by atoms with Gasteiger partial charge in [0.1, 0.15) is 5.75 Å². The van der Waals surface area contributed by atoms with Crippen molar-refractivity contribution in [3.63, 3.8) is 0 Å². The monoisotopic (exact) mass is 272 g/mol. The van der Waals surface area contributed by atoms with Crippen LogP contribution >= 0.6 is 0 Å². The summed E-state index contributed by atoms with van der Waals surface area (Å²) in [5.74, 6) is -3.17. The maximum Gasteiger partial charge on any atom is 0.274 e. The Hall–Kier alpha value is -1.69. The van der Waals surface area contributed by atoms with Crippen LogP contribution in [0.1, 0.15) is 31.9 Å². The van der Waals surface area contributed by atoms with E-state index in [0.717, 1.165) is 6.92 Å². The Balaban J connectivity index is 3.19. The molecule has 19 heavy (non-hydrogen) atoms. The number of halogens is 2. The van der Waals surface area contributed by atoms with Crippen molar-refractivity contribution in [2.75, 3.05) is 7.05 Å². The molecule has 0 aliphatic carbocycles. The van der Waals surface area contributed by atoms with Gasteiger partial charge in [-0.1, -0.05) is 0 Å². The van der Waals surface area contributed by atoms with Crippen molar-refractivity contribution in [3.05, 3.63) is 29.3 Å². The van der Waals surface area contributed by atoms with Gasteiger partial charge in [-0.15, -0.1) is 0 Å². The molecule has 0 spiro atoms. The van der Waals surface area contributed by atoms with Crippen LogP contribution in [0.4, 0.5) is 8.78 Å². The van der Waals surface area contributed by atoms with E-state index in [0.29, 0.717) is 0 Å². The van der Waals surface area contributed by atoms with E-state index in [2.05, 4.69) is 5.48 Å². The Morgan fingerprint density at radius 1 is 1.37 bits per heavy atom. The number of benzene rings is 1. The van der Waals surface area contributed by atoms with Crippen LogP contribution in [0.15, 0.2) is 18.2 Å². The highest BCUT2D eigenvalue weighted by molar-refractivity contribution is 5.91. The van der Waals surface area contributed by atoms with E-state index in [1.807, 2.05) is 0 Å². The quantitative estimate of drug-likeness (QED) is 0.492. The summed E-state index contributed by atoms with van der Waals surface area (Å²) in [6.07, 6.45) is -0.208. The Morgan fingerprint density at radius 3 is 2.47 bits per heavy atom. The predicted octanol–water partition coefficient (Wildman–Crippen LogP) is 3.06. The molecule has 0 aliphatic heterocycles. The van der Waals surface area contributed by atoms with Gasteiger partial charge in [0.2, 0.25) is 5.90 Å². The first-order chi connectivity index (χ1) is 8.75. The van der Waals surface area contributed by atoms with E-state index in [1.165, 1.54) is 25.2 Å². The minimum absolute atomic E-state index is 0.114. The van der Waals surface area contributed by atoms with E-state index >= 15 is 0 Å². The average molecular weight is 272 g/mol. The smallest absolute Gasteiger partial charge is 0.274 e. The molecule has 0 unspecified atom stereocenters. The topological polar surface area (TPSA) is 54.3 Å². The van der Waals surface area contributed by atoms with Gasteiger partial charge in [-0.3, -0.25) is 5.41 Å². The van der Waals surface area contributed by atoms with Crippen LogP contribution in [0.5, 0.6) is 5.75 Å². The van der Waals surface area contributed by atoms with Crippen LogP contribution in [0, 0.1) is 5.41 Å². The first kappa shape index (κ1) is 15.4. The van der Waals surface area contributed by atoms with Gasteiger partial charge >= 0.3 is 0 Å². The molecule has 106 valence electrons. The van der Waals surface area contributed by atoms with Gasteiger partial charge in [0.05, 0.1) is 11.7 Å². The summed E-state index contributed by atoms with van der Waals surface area (Å²) in [4.78, 5) is 4.76. The maximum atomic E-state index is 13.6. The zero-order chi connectivity index (χ0) is 14.6. The van der Waals surface area contributed by atoms with Crippen LogP contribution in [0.25, 0.3) is 0 Å². The summed E-state index contributed by atoms with van der Waals surface area (Å²) in [6.45, 7) is 4.32. The van der Waals surface area contributed by atoms with Crippen LogP contribution in [-0.4, -0.2) is 19.0 Å². The molecule has 0 aliphatic rings. The van der Waals surface area contributed by atoms with Gasteiger partial charge in [0.25, 0.3) is 5.92 Å². The highest BCUT2D eigenvalue weighted by Gasteiger charge is 2.29. The minimum atomic E-state index is -3.06. The lowest BCUT2D eigenvalue weighted by molar-refractivity contribution is 0.0136. The van der Waals surface area contributed by atoms with Crippen molar-refractivity contribution >= 4 is 5.90 Å². The van der Waals surface area contributed by atoms with Crippen LogP contribution in [0.3, 0.4) is 0 Å².